The van der Waals surface area contributed by atoms with Crippen LogP contribution in [0, 0.1) is 0 Å². The van der Waals surface area contributed by atoms with E-state index in [-0.39, 0.29) is 0 Å². The number of thioether (sulfide) groups is 1. The van der Waals surface area contributed by atoms with Gasteiger partial charge in [-0.3, -0.25) is 0 Å². The molecular weight excluding hydrogens is 270 g/mol. The molecule has 0 aliphatic heterocycles. The Morgan fingerprint density at radius 3 is 2.80 bits per heavy atom. The van der Waals surface area contributed by atoms with Gasteiger partial charge in [0.25, 0.3) is 0 Å². The Morgan fingerprint density at radius 2 is 2.10 bits per heavy atom. The van der Waals surface area contributed by atoms with Crippen LogP contribution in [0.1, 0.15) is 30.6 Å². The van der Waals surface area contributed by atoms with Gasteiger partial charge in [-0.1, -0.05) is 42.4 Å². The van der Waals surface area contributed by atoms with Gasteiger partial charge in [-0.05, 0) is 18.2 Å². The van der Waals surface area contributed by atoms with Crippen molar-refractivity contribution in [3.8, 4) is 0 Å². The summed E-state index contributed by atoms with van der Waals surface area (Å²) in [5, 5.41) is 7.48. The first-order chi connectivity index (χ1) is 9.81. The van der Waals surface area contributed by atoms with E-state index >= 15 is 0 Å². The van der Waals surface area contributed by atoms with E-state index in [0.717, 1.165) is 18.0 Å². The second-order valence-electron chi connectivity index (χ2n) is 4.71. The van der Waals surface area contributed by atoms with Crippen molar-refractivity contribution in [2.75, 3.05) is 12.0 Å². The van der Waals surface area contributed by atoms with Crippen molar-refractivity contribution in [2.24, 2.45) is 0 Å². The van der Waals surface area contributed by atoms with Crippen molar-refractivity contribution in [2.45, 2.75) is 32.4 Å². The van der Waals surface area contributed by atoms with Crippen molar-refractivity contribution in [3.63, 3.8) is 0 Å². The van der Waals surface area contributed by atoms with Crippen molar-refractivity contribution < 1.29 is 4.52 Å². The van der Waals surface area contributed by atoms with Crippen LogP contribution in [0.4, 0.5) is 0 Å². The Balaban J connectivity index is 1.86. The predicted octanol–water partition coefficient (Wildman–Crippen LogP) is 2.89. The summed E-state index contributed by atoms with van der Waals surface area (Å²) in [5.41, 5.74) is 1.20. The van der Waals surface area contributed by atoms with E-state index in [1.54, 1.807) is 0 Å². The van der Waals surface area contributed by atoms with E-state index in [9.17, 15) is 0 Å². The van der Waals surface area contributed by atoms with Gasteiger partial charge in [-0.15, -0.1) is 0 Å². The molecule has 1 heterocycles. The zero-order valence-corrected chi connectivity index (χ0v) is 12.8. The van der Waals surface area contributed by atoms with Gasteiger partial charge in [0.05, 0.1) is 6.54 Å². The highest BCUT2D eigenvalue weighted by molar-refractivity contribution is 7.98. The first-order valence-electron chi connectivity index (χ1n) is 6.89. The molecule has 1 N–H and O–H groups in total. The largest absolute Gasteiger partial charge is 0.338 e. The van der Waals surface area contributed by atoms with Crippen LogP contribution >= 0.6 is 11.8 Å². The van der Waals surface area contributed by atoms with Crippen LogP contribution in [-0.2, 0) is 13.0 Å². The lowest BCUT2D eigenvalue weighted by molar-refractivity contribution is 0.355. The maximum Gasteiger partial charge on any atom is 0.240 e. The van der Waals surface area contributed by atoms with Crippen LogP contribution in [0.3, 0.4) is 0 Å². The van der Waals surface area contributed by atoms with Crippen molar-refractivity contribution in [1.29, 1.82) is 0 Å². The second kappa shape index (κ2) is 8.07. The molecule has 5 heteroatoms. The van der Waals surface area contributed by atoms with Gasteiger partial charge in [0.15, 0.2) is 5.82 Å². The van der Waals surface area contributed by atoms with Crippen LogP contribution in [0.5, 0.6) is 0 Å². The van der Waals surface area contributed by atoms with Crippen LogP contribution in [0.15, 0.2) is 34.9 Å². The van der Waals surface area contributed by atoms with Crippen molar-refractivity contribution >= 4 is 11.8 Å². The van der Waals surface area contributed by atoms with E-state index in [0.29, 0.717) is 24.9 Å². The second-order valence-corrected chi connectivity index (χ2v) is 5.62. The number of nitrogens with one attached hydrogen (secondary N) is 1. The highest BCUT2D eigenvalue weighted by Gasteiger charge is 2.09. The quantitative estimate of drug-likeness (QED) is 0.810. The Bertz CT molecular complexity index is 501. The first kappa shape index (κ1) is 15.1. The Labute approximate surface area is 124 Å². The molecule has 20 heavy (non-hydrogen) atoms. The van der Waals surface area contributed by atoms with Crippen LogP contribution in [-0.4, -0.2) is 28.2 Å². The SMILES string of the molecule is CCC(CSC)NCc1nc(Cc2ccccc2)no1. The normalized spacial score (nSPS) is 12.5. The maximum absolute atomic E-state index is 5.28. The summed E-state index contributed by atoms with van der Waals surface area (Å²) >= 11 is 1.85. The Morgan fingerprint density at radius 1 is 1.30 bits per heavy atom. The topological polar surface area (TPSA) is 51.0 Å². The molecule has 1 aromatic heterocycles. The number of benzene rings is 1. The predicted molar refractivity (Wildman–Crippen MR) is 82.8 cm³/mol. The van der Waals surface area contributed by atoms with Gasteiger partial charge in [0, 0.05) is 18.2 Å². The number of aromatic nitrogens is 2. The summed E-state index contributed by atoms with van der Waals surface area (Å²) in [6.07, 6.45) is 3.94. The monoisotopic (exact) mass is 291 g/mol. The first-order valence-corrected chi connectivity index (χ1v) is 8.29. The zero-order valence-electron chi connectivity index (χ0n) is 12.0. The van der Waals surface area contributed by atoms with E-state index in [2.05, 4.69) is 40.8 Å². The lowest BCUT2D eigenvalue weighted by atomic mass is 10.1. The standard InChI is InChI=1S/C15H21N3OS/c1-3-13(11-20-2)16-10-15-17-14(18-19-15)9-12-7-5-4-6-8-12/h4-8,13,16H,3,9-11H2,1-2H3. The molecule has 0 fully saturated rings. The van der Waals surface area contributed by atoms with Gasteiger partial charge in [-0.2, -0.15) is 16.7 Å². The van der Waals surface area contributed by atoms with Gasteiger partial charge >= 0.3 is 0 Å². The average molecular weight is 291 g/mol. The van der Waals surface area contributed by atoms with Crippen molar-refractivity contribution in [1.82, 2.24) is 15.5 Å². The minimum absolute atomic E-state index is 0.495. The molecule has 2 rings (SSSR count). The highest BCUT2D eigenvalue weighted by Crippen LogP contribution is 2.07. The number of nitrogens with zero attached hydrogens (tertiary/aromatic N) is 2. The number of rotatable bonds is 8. The number of hydrogen-bond acceptors (Lipinski definition) is 5. The molecule has 4 nitrogen and oxygen atoms in total. The minimum atomic E-state index is 0.495. The van der Waals surface area contributed by atoms with Crippen LogP contribution in [0.2, 0.25) is 0 Å². The fourth-order valence-corrected chi connectivity index (χ4v) is 2.72. The minimum Gasteiger partial charge on any atom is -0.338 e. The third-order valence-corrected chi connectivity index (χ3v) is 3.85. The van der Waals surface area contributed by atoms with E-state index in [4.69, 9.17) is 4.52 Å². The highest BCUT2D eigenvalue weighted by atomic mass is 32.2. The molecule has 0 radical (unpaired) electrons. The summed E-state index contributed by atoms with van der Waals surface area (Å²) in [5.74, 6) is 2.50. The molecule has 1 unspecified atom stereocenters. The summed E-state index contributed by atoms with van der Waals surface area (Å²) in [6.45, 7) is 2.82. The fourth-order valence-electron chi connectivity index (χ4n) is 1.97. The third kappa shape index (κ3) is 4.65. The molecule has 0 spiro atoms. The molecule has 0 amide bonds. The Kier molecular flexibility index (Phi) is 6.08. The molecule has 1 atom stereocenters. The molecule has 0 saturated heterocycles. The molecule has 0 aliphatic carbocycles. The van der Waals surface area contributed by atoms with Gasteiger partial charge < -0.3 is 9.84 Å². The summed E-state index contributed by atoms with van der Waals surface area (Å²) in [6, 6.07) is 10.7. The third-order valence-electron chi connectivity index (χ3n) is 3.12. The number of hydrogen-bond donors (Lipinski definition) is 1. The molecular formula is C15H21N3OS. The van der Waals surface area contributed by atoms with E-state index in [1.807, 2.05) is 30.0 Å². The zero-order chi connectivity index (χ0) is 14.2. The lowest BCUT2D eigenvalue weighted by Crippen LogP contribution is -2.30. The molecule has 0 bridgehead atoms. The summed E-state index contributed by atoms with van der Waals surface area (Å²) in [7, 11) is 0. The lowest BCUT2D eigenvalue weighted by Gasteiger charge is -2.13. The molecule has 2 aromatic rings. The smallest absolute Gasteiger partial charge is 0.240 e. The van der Waals surface area contributed by atoms with E-state index in [1.165, 1.54) is 5.56 Å². The van der Waals surface area contributed by atoms with Crippen LogP contribution in [0.25, 0.3) is 0 Å². The molecule has 108 valence electrons. The summed E-state index contributed by atoms with van der Waals surface area (Å²) < 4.78 is 5.28. The molecule has 1 aromatic carbocycles. The van der Waals surface area contributed by atoms with Gasteiger partial charge in [0.2, 0.25) is 5.89 Å². The molecule has 0 saturated carbocycles. The average Bonchev–Trinajstić information content (AvgIpc) is 2.92. The summed E-state index contributed by atoms with van der Waals surface area (Å²) in [4.78, 5) is 4.42. The van der Waals surface area contributed by atoms with Gasteiger partial charge in [0.1, 0.15) is 0 Å². The van der Waals surface area contributed by atoms with Crippen LogP contribution < -0.4 is 5.32 Å². The maximum atomic E-state index is 5.28. The Hall–Kier alpha value is -1.33. The van der Waals surface area contributed by atoms with Crippen molar-refractivity contribution in [3.05, 3.63) is 47.6 Å². The van der Waals surface area contributed by atoms with Gasteiger partial charge in [-0.25, -0.2) is 0 Å². The van der Waals surface area contributed by atoms with E-state index < -0.39 is 0 Å². The fraction of sp³-hybridized carbons (Fsp3) is 0.467. The molecule has 0 aliphatic rings.